The molecule has 2 aliphatic heterocycles. The molecule has 0 atom stereocenters. The van der Waals surface area contributed by atoms with Crippen LogP contribution in [0.3, 0.4) is 0 Å². The Kier molecular flexibility index (Phi) is 5.25. The summed E-state index contributed by atoms with van der Waals surface area (Å²) in [6.07, 6.45) is 8.11. The molecule has 1 saturated carbocycles. The van der Waals surface area contributed by atoms with Crippen molar-refractivity contribution in [1.82, 2.24) is 10.4 Å². The van der Waals surface area contributed by atoms with Crippen LogP contribution in [0.1, 0.15) is 36.9 Å². The van der Waals surface area contributed by atoms with Crippen LogP contribution in [0.5, 0.6) is 11.5 Å². The van der Waals surface area contributed by atoms with Gasteiger partial charge in [-0.1, -0.05) is 17.7 Å². The van der Waals surface area contributed by atoms with E-state index in [0.717, 1.165) is 58.6 Å². The number of ether oxygens (including phenoxy) is 2. The van der Waals surface area contributed by atoms with E-state index in [1.807, 2.05) is 36.6 Å². The summed E-state index contributed by atoms with van der Waals surface area (Å²) in [6.45, 7) is 1.29. The van der Waals surface area contributed by atoms with Crippen molar-refractivity contribution in [1.29, 1.82) is 0 Å². The standard InChI is InChI=1S/C23H25ClN4O2/c1-29-16-3-2-4-17(11-16)30-15-7-5-14(6-8-15)21-19(24)9-10-25-22-18-12-26-27-13-20(18)28-23(21)22/h2-4,9,11,13-15,26,28H,5-8,10,12H2,1H3/t14-,15-. The lowest BCUT2D eigenvalue weighted by Crippen LogP contribution is -2.33. The van der Waals surface area contributed by atoms with Gasteiger partial charge in [0.05, 0.1) is 48.9 Å². The third-order valence-corrected chi connectivity index (χ3v) is 6.48. The predicted molar refractivity (Wildman–Crippen MR) is 118 cm³/mol. The van der Waals surface area contributed by atoms with E-state index in [0.29, 0.717) is 19.0 Å². The number of hydrazone groups is 1. The fraction of sp³-hybridized carbons (Fsp3) is 0.391. The van der Waals surface area contributed by atoms with E-state index in [9.17, 15) is 0 Å². The number of aromatic nitrogens is 1. The lowest BCUT2D eigenvalue weighted by molar-refractivity contribution is 0.142. The minimum absolute atomic E-state index is 0.208. The Morgan fingerprint density at radius 1 is 1.13 bits per heavy atom. The zero-order chi connectivity index (χ0) is 20.5. The average Bonchev–Trinajstić information content (AvgIpc) is 3.05. The van der Waals surface area contributed by atoms with Gasteiger partial charge in [-0.25, -0.2) is 0 Å². The summed E-state index contributed by atoms with van der Waals surface area (Å²) >= 11 is 6.76. The number of hydrogen-bond donors (Lipinski definition) is 2. The van der Waals surface area contributed by atoms with Gasteiger partial charge >= 0.3 is 0 Å². The van der Waals surface area contributed by atoms with Gasteiger partial charge in [0.2, 0.25) is 0 Å². The number of allylic oxidation sites excluding steroid dienone is 1. The first kappa shape index (κ1) is 19.2. The Morgan fingerprint density at radius 3 is 2.80 bits per heavy atom. The minimum atomic E-state index is 0.208. The molecule has 0 radical (unpaired) electrons. The summed E-state index contributed by atoms with van der Waals surface area (Å²) in [6, 6.07) is 7.82. The van der Waals surface area contributed by atoms with Crippen LogP contribution in [0, 0.1) is 5.92 Å². The number of methoxy groups -OCH3 is 1. The van der Waals surface area contributed by atoms with Crippen LogP contribution in [0.25, 0.3) is 5.57 Å². The number of fused-ring (bicyclic) bond motifs is 3. The highest BCUT2D eigenvalue weighted by molar-refractivity contribution is 6.35. The molecule has 3 heterocycles. The van der Waals surface area contributed by atoms with Crippen molar-refractivity contribution >= 4 is 23.4 Å². The first-order valence-electron chi connectivity index (χ1n) is 10.4. The molecule has 0 bridgehead atoms. The molecule has 0 saturated heterocycles. The molecule has 7 heteroatoms. The molecule has 1 aromatic heterocycles. The summed E-state index contributed by atoms with van der Waals surface area (Å²) in [4.78, 5) is 8.34. The molecule has 0 unspecified atom stereocenters. The molecule has 156 valence electrons. The number of nitrogens with zero attached hydrogens (tertiary/aromatic N) is 2. The quantitative estimate of drug-likeness (QED) is 0.792. The van der Waals surface area contributed by atoms with Gasteiger partial charge < -0.3 is 19.9 Å². The lowest BCUT2D eigenvalue weighted by atomic mass is 9.82. The van der Waals surface area contributed by atoms with Gasteiger partial charge in [-0.15, -0.1) is 0 Å². The molecular formula is C23H25ClN4O2. The van der Waals surface area contributed by atoms with E-state index in [2.05, 4.69) is 15.5 Å². The molecule has 2 aromatic rings. The minimum Gasteiger partial charge on any atom is -0.497 e. The number of rotatable bonds is 4. The van der Waals surface area contributed by atoms with Gasteiger partial charge in [0.1, 0.15) is 11.5 Å². The zero-order valence-electron chi connectivity index (χ0n) is 17.0. The van der Waals surface area contributed by atoms with Gasteiger partial charge in [-0.05, 0) is 55.4 Å². The molecule has 0 amide bonds. The van der Waals surface area contributed by atoms with Gasteiger partial charge in [0.25, 0.3) is 0 Å². The fourth-order valence-corrected chi connectivity index (χ4v) is 4.94. The van der Waals surface area contributed by atoms with Crippen molar-refractivity contribution in [3.8, 4) is 11.5 Å². The van der Waals surface area contributed by atoms with E-state index in [-0.39, 0.29) is 6.10 Å². The second-order valence-corrected chi connectivity index (χ2v) is 8.32. The zero-order valence-corrected chi connectivity index (χ0v) is 17.7. The first-order chi connectivity index (χ1) is 14.7. The Bertz CT molecular complexity index is 1130. The normalized spacial score (nSPS) is 22.7. The smallest absolute Gasteiger partial charge is 0.123 e. The number of benzene rings is 1. The van der Waals surface area contributed by atoms with E-state index in [1.54, 1.807) is 7.11 Å². The van der Waals surface area contributed by atoms with Crippen LogP contribution in [0.15, 0.2) is 45.5 Å². The number of H-pyrrole nitrogens is 1. The largest absolute Gasteiger partial charge is 0.497 e. The Hall–Kier alpha value is -2.73. The molecule has 0 spiro atoms. The van der Waals surface area contributed by atoms with Gasteiger partial charge in [-0.2, -0.15) is 5.10 Å². The maximum atomic E-state index is 6.76. The third-order valence-electron chi connectivity index (χ3n) is 6.12. The summed E-state index contributed by atoms with van der Waals surface area (Å²) in [5.41, 5.74) is 6.44. The average molecular weight is 425 g/mol. The number of aromatic amines is 1. The number of halogens is 1. The van der Waals surface area contributed by atoms with E-state index in [4.69, 9.17) is 26.1 Å². The summed E-state index contributed by atoms with van der Waals surface area (Å²) < 4.78 is 11.5. The van der Waals surface area contributed by atoms with Crippen molar-refractivity contribution in [2.45, 2.75) is 38.3 Å². The number of hydrogen-bond acceptors (Lipinski definition) is 5. The van der Waals surface area contributed by atoms with Gasteiger partial charge in [0.15, 0.2) is 0 Å². The molecule has 5 rings (SSSR count). The summed E-state index contributed by atoms with van der Waals surface area (Å²) in [5.74, 6) is 2.07. The highest BCUT2D eigenvalue weighted by Gasteiger charge is 2.28. The molecule has 3 aliphatic rings. The topological polar surface area (TPSA) is 71.0 Å². The molecular weight excluding hydrogens is 400 g/mol. The predicted octanol–water partition coefficient (Wildman–Crippen LogP) is 3.00. The number of nitrogens with one attached hydrogen (secondary N) is 2. The van der Waals surface area contributed by atoms with E-state index < -0.39 is 0 Å². The van der Waals surface area contributed by atoms with Crippen molar-refractivity contribution in [3.05, 3.63) is 57.3 Å². The highest BCUT2D eigenvalue weighted by atomic mass is 35.5. The molecule has 1 aliphatic carbocycles. The Balaban J connectivity index is 1.39. The third kappa shape index (κ3) is 3.60. The monoisotopic (exact) mass is 424 g/mol. The van der Waals surface area contributed by atoms with Crippen LogP contribution in [0.2, 0.25) is 0 Å². The van der Waals surface area contributed by atoms with Crippen molar-refractivity contribution in [3.63, 3.8) is 0 Å². The van der Waals surface area contributed by atoms with Crippen LogP contribution in [-0.2, 0) is 6.54 Å². The van der Waals surface area contributed by atoms with E-state index >= 15 is 0 Å². The van der Waals surface area contributed by atoms with Crippen molar-refractivity contribution in [2.75, 3.05) is 13.7 Å². The molecule has 2 N–H and O–H groups in total. The molecule has 1 fully saturated rings. The summed E-state index contributed by atoms with van der Waals surface area (Å²) in [5, 5.41) is 7.08. The molecule has 1 aromatic carbocycles. The second-order valence-electron chi connectivity index (χ2n) is 7.91. The first-order valence-corrected chi connectivity index (χ1v) is 10.8. The SMILES string of the molecule is COc1cccc(O[C@H]2CC[C@H](C3=c4[nH]c5c(c4=NCC=C3Cl)CNN=C5)CC2)c1. The summed E-state index contributed by atoms with van der Waals surface area (Å²) in [7, 11) is 1.67. The Morgan fingerprint density at radius 2 is 1.97 bits per heavy atom. The van der Waals surface area contributed by atoms with Crippen LogP contribution in [0.4, 0.5) is 0 Å². The van der Waals surface area contributed by atoms with Crippen LogP contribution < -0.4 is 25.6 Å². The highest BCUT2D eigenvalue weighted by Crippen LogP contribution is 2.37. The molecule has 30 heavy (non-hydrogen) atoms. The van der Waals surface area contributed by atoms with Crippen LogP contribution >= 0.6 is 11.6 Å². The van der Waals surface area contributed by atoms with Crippen molar-refractivity contribution in [2.24, 2.45) is 16.0 Å². The lowest BCUT2D eigenvalue weighted by Gasteiger charge is -2.30. The maximum absolute atomic E-state index is 6.76. The molecule has 6 nitrogen and oxygen atoms in total. The maximum Gasteiger partial charge on any atom is 0.123 e. The second kappa shape index (κ2) is 8.19. The fourth-order valence-electron chi connectivity index (χ4n) is 4.62. The van der Waals surface area contributed by atoms with E-state index in [1.165, 1.54) is 11.1 Å². The van der Waals surface area contributed by atoms with Crippen LogP contribution in [-0.4, -0.2) is 31.0 Å². The Labute approximate surface area is 180 Å². The van der Waals surface area contributed by atoms with Gasteiger partial charge in [-0.3, -0.25) is 4.99 Å². The van der Waals surface area contributed by atoms with Gasteiger partial charge in [0, 0.05) is 16.7 Å². The van der Waals surface area contributed by atoms with Crippen molar-refractivity contribution < 1.29 is 9.47 Å².